The van der Waals surface area contributed by atoms with E-state index in [-0.39, 0.29) is 5.78 Å². The maximum Gasteiger partial charge on any atom is 0.215 e. The van der Waals surface area contributed by atoms with Crippen LogP contribution >= 0.6 is 0 Å². The van der Waals surface area contributed by atoms with Gasteiger partial charge in [0.1, 0.15) is 17.7 Å². The third kappa shape index (κ3) is 1.88. The molecule has 0 amide bonds. The van der Waals surface area contributed by atoms with Crippen LogP contribution in [-0.2, 0) is 6.54 Å². The summed E-state index contributed by atoms with van der Waals surface area (Å²) in [6, 6.07) is 1.71. The summed E-state index contributed by atoms with van der Waals surface area (Å²) >= 11 is 0. The molecule has 2 heterocycles. The molecular weight excluding hydrogens is 206 g/mol. The minimum absolute atomic E-state index is 0.102. The molecule has 0 fully saturated rings. The van der Waals surface area contributed by atoms with E-state index < -0.39 is 0 Å². The monoisotopic (exact) mass is 219 g/mol. The number of aryl methyl sites for hydroxylation is 2. The Hall–Kier alpha value is -1.91. The van der Waals surface area contributed by atoms with E-state index in [0.717, 1.165) is 12.2 Å². The molecule has 0 unspecified atom stereocenters. The number of ketones is 1. The highest BCUT2D eigenvalue weighted by Crippen LogP contribution is 2.12. The lowest BCUT2D eigenvalue weighted by molar-refractivity contribution is 0.102. The standard InChI is InChI=1S/C11H13N3O2/c1-3-4-14-10(6-12-13-14)11(15)9-5-8(2)16-7-9/h5-7H,3-4H2,1-2H3. The van der Waals surface area contributed by atoms with Crippen LogP contribution < -0.4 is 0 Å². The van der Waals surface area contributed by atoms with Crippen molar-refractivity contribution in [3.63, 3.8) is 0 Å². The number of carbonyl (C=O) groups is 1. The highest BCUT2D eigenvalue weighted by molar-refractivity contribution is 6.07. The van der Waals surface area contributed by atoms with Crippen molar-refractivity contribution in [1.29, 1.82) is 0 Å². The minimum atomic E-state index is -0.102. The molecule has 0 aliphatic carbocycles. The highest BCUT2D eigenvalue weighted by Gasteiger charge is 2.16. The topological polar surface area (TPSA) is 60.9 Å². The molecule has 0 N–H and O–H groups in total. The van der Waals surface area contributed by atoms with Crippen LogP contribution in [0.4, 0.5) is 0 Å². The second-order valence-corrected chi connectivity index (χ2v) is 3.62. The maximum absolute atomic E-state index is 12.1. The van der Waals surface area contributed by atoms with Gasteiger partial charge in [0.2, 0.25) is 5.78 Å². The molecule has 0 saturated carbocycles. The average molecular weight is 219 g/mol. The summed E-state index contributed by atoms with van der Waals surface area (Å²) < 4.78 is 6.73. The summed E-state index contributed by atoms with van der Waals surface area (Å²) in [5, 5.41) is 7.63. The molecule has 0 aliphatic heterocycles. The Labute approximate surface area is 93.1 Å². The Morgan fingerprint density at radius 3 is 3.00 bits per heavy atom. The summed E-state index contributed by atoms with van der Waals surface area (Å²) in [6.45, 7) is 4.52. The third-order valence-electron chi connectivity index (χ3n) is 2.28. The van der Waals surface area contributed by atoms with Crippen molar-refractivity contribution in [3.05, 3.63) is 35.5 Å². The number of aromatic nitrogens is 3. The molecule has 5 nitrogen and oxygen atoms in total. The van der Waals surface area contributed by atoms with Crippen molar-refractivity contribution in [1.82, 2.24) is 15.0 Å². The number of hydrogen-bond acceptors (Lipinski definition) is 4. The summed E-state index contributed by atoms with van der Waals surface area (Å²) in [4.78, 5) is 12.1. The maximum atomic E-state index is 12.1. The molecular formula is C11H13N3O2. The van der Waals surface area contributed by atoms with Gasteiger partial charge >= 0.3 is 0 Å². The zero-order valence-electron chi connectivity index (χ0n) is 9.30. The van der Waals surface area contributed by atoms with Crippen LogP contribution in [0.2, 0.25) is 0 Å². The lowest BCUT2D eigenvalue weighted by Crippen LogP contribution is -2.10. The van der Waals surface area contributed by atoms with E-state index >= 15 is 0 Å². The van der Waals surface area contributed by atoms with Gasteiger partial charge in [-0.3, -0.25) is 4.79 Å². The van der Waals surface area contributed by atoms with Crippen LogP contribution in [0.25, 0.3) is 0 Å². The van der Waals surface area contributed by atoms with Gasteiger partial charge < -0.3 is 4.42 Å². The molecule has 0 atom stereocenters. The van der Waals surface area contributed by atoms with Crippen LogP contribution in [0.3, 0.4) is 0 Å². The van der Waals surface area contributed by atoms with E-state index in [2.05, 4.69) is 10.3 Å². The number of nitrogens with zero attached hydrogens (tertiary/aromatic N) is 3. The Balaban J connectivity index is 2.30. The van der Waals surface area contributed by atoms with Crippen LogP contribution in [0.5, 0.6) is 0 Å². The predicted octanol–water partition coefficient (Wildman–Crippen LogP) is 1.82. The van der Waals surface area contributed by atoms with Gasteiger partial charge in [-0.15, -0.1) is 5.10 Å². The van der Waals surface area contributed by atoms with Gasteiger partial charge in [-0.2, -0.15) is 0 Å². The quantitative estimate of drug-likeness (QED) is 0.736. The van der Waals surface area contributed by atoms with Crippen molar-refractivity contribution in [2.24, 2.45) is 0 Å². The Bertz CT molecular complexity index is 499. The Kier molecular flexibility index (Phi) is 2.85. The van der Waals surface area contributed by atoms with Crippen molar-refractivity contribution in [2.75, 3.05) is 0 Å². The van der Waals surface area contributed by atoms with Crippen molar-refractivity contribution in [2.45, 2.75) is 26.8 Å². The molecule has 2 aromatic rings. The van der Waals surface area contributed by atoms with Gasteiger partial charge in [0.05, 0.1) is 11.8 Å². The molecule has 2 aromatic heterocycles. The van der Waals surface area contributed by atoms with Crippen LogP contribution in [0.15, 0.2) is 22.9 Å². The van der Waals surface area contributed by atoms with Crippen molar-refractivity contribution in [3.8, 4) is 0 Å². The second-order valence-electron chi connectivity index (χ2n) is 3.62. The first-order valence-corrected chi connectivity index (χ1v) is 5.20. The number of furan rings is 1. The minimum Gasteiger partial charge on any atom is -0.469 e. The van der Waals surface area contributed by atoms with E-state index in [1.165, 1.54) is 12.5 Å². The van der Waals surface area contributed by atoms with Crippen molar-refractivity contribution < 1.29 is 9.21 Å². The molecule has 84 valence electrons. The van der Waals surface area contributed by atoms with E-state index in [9.17, 15) is 4.79 Å². The number of rotatable bonds is 4. The zero-order chi connectivity index (χ0) is 11.5. The summed E-state index contributed by atoms with van der Waals surface area (Å²) in [5.41, 5.74) is 1.04. The Morgan fingerprint density at radius 2 is 2.38 bits per heavy atom. The highest BCUT2D eigenvalue weighted by atomic mass is 16.3. The van der Waals surface area contributed by atoms with Crippen LogP contribution in [-0.4, -0.2) is 20.8 Å². The lowest BCUT2D eigenvalue weighted by atomic mass is 10.1. The molecule has 2 rings (SSSR count). The second kappa shape index (κ2) is 4.30. The third-order valence-corrected chi connectivity index (χ3v) is 2.28. The average Bonchev–Trinajstić information content (AvgIpc) is 2.87. The van der Waals surface area contributed by atoms with Gasteiger partial charge in [0.25, 0.3) is 0 Å². The molecule has 0 bridgehead atoms. The smallest absolute Gasteiger partial charge is 0.215 e. The van der Waals surface area contributed by atoms with Gasteiger partial charge in [-0.1, -0.05) is 12.1 Å². The van der Waals surface area contributed by atoms with Crippen LogP contribution in [0.1, 0.15) is 35.2 Å². The summed E-state index contributed by atoms with van der Waals surface area (Å²) in [5.74, 6) is 0.619. The first-order chi connectivity index (χ1) is 7.72. The van der Waals surface area contributed by atoms with Gasteiger partial charge in [-0.05, 0) is 19.4 Å². The fraction of sp³-hybridized carbons (Fsp3) is 0.364. The Morgan fingerprint density at radius 1 is 1.56 bits per heavy atom. The first kappa shape index (κ1) is 10.6. The first-order valence-electron chi connectivity index (χ1n) is 5.20. The fourth-order valence-electron chi connectivity index (χ4n) is 1.52. The van der Waals surface area contributed by atoms with Gasteiger partial charge in [-0.25, -0.2) is 4.68 Å². The normalized spacial score (nSPS) is 10.6. The molecule has 0 radical (unpaired) electrons. The number of hydrogen-bond donors (Lipinski definition) is 0. The molecule has 16 heavy (non-hydrogen) atoms. The van der Waals surface area contributed by atoms with Crippen LogP contribution in [0, 0.1) is 6.92 Å². The molecule has 5 heteroatoms. The molecule has 0 aromatic carbocycles. The van der Waals surface area contributed by atoms with E-state index in [1.807, 2.05) is 6.92 Å². The fourth-order valence-corrected chi connectivity index (χ4v) is 1.52. The van der Waals surface area contributed by atoms with Gasteiger partial charge in [0, 0.05) is 6.54 Å². The summed E-state index contributed by atoms with van der Waals surface area (Å²) in [7, 11) is 0. The largest absolute Gasteiger partial charge is 0.469 e. The molecule has 0 spiro atoms. The van der Waals surface area contributed by atoms with Crippen molar-refractivity contribution >= 4 is 5.78 Å². The lowest BCUT2D eigenvalue weighted by Gasteiger charge is -2.01. The molecule has 0 aliphatic rings. The molecule has 0 saturated heterocycles. The number of carbonyl (C=O) groups excluding carboxylic acids is 1. The van der Waals surface area contributed by atoms with E-state index in [4.69, 9.17) is 4.42 Å². The SMILES string of the molecule is CCCn1nncc1C(=O)c1coc(C)c1. The van der Waals surface area contributed by atoms with Gasteiger partial charge in [0.15, 0.2) is 0 Å². The van der Waals surface area contributed by atoms with E-state index in [0.29, 0.717) is 17.8 Å². The predicted molar refractivity (Wildman–Crippen MR) is 57.2 cm³/mol. The summed E-state index contributed by atoms with van der Waals surface area (Å²) in [6.07, 6.45) is 3.86. The van der Waals surface area contributed by atoms with E-state index in [1.54, 1.807) is 17.7 Å². The zero-order valence-corrected chi connectivity index (χ0v) is 9.30.